The first-order valence-electron chi connectivity index (χ1n) is 4.92. The van der Waals surface area contributed by atoms with Gasteiger partial charge in [0, 0.05) is 4.47 Å². The quantitative estimate of drug-likeness (QED) is 0.811. The van der Waals surface area contributed by atoms with Gasteiger partial charge in [0.25, 0.3) is 0 Å². The predicted octanol–water partition coefficient (Wildman–Crippen LogP) is 2.40. The maximum absolute atomic E-state index is 11.0. The number of aldehydes is 1. The average molecular weight is 280 g/mol. The Bertz CT molecular complexity index is 522. The van der Waals surface area contributed by atoms with Gasteiger partial charge in [-0.1, -0.05) is 34.1 Å². The fraction of sp³-hybridized carbons (Fsp3) is 0.182. The summed E-state index contributed by atoms with van der Waals surface area (Å²) in [6.45, 7) is 1.95. The zero-order chi connectivity index (χ0) is 11.5. The summed E-state index contributed by atoms with van der Waals surface area (Å²) in [7, 11) is 0. The van der Waals surface area contributed by atoms with Gasteiger partial charge in [-0.05, 0) is 24.6 Å². The fourth-order valence-electron chi connectivity index (χ4n) is 1.49. The Morgan fingerprint density at radius 2 is 2.31 bits per heavy atom. The molecule has 2 rings (SSSR count). The average Bonchev–Trinajstić information content (AvgIpc) is 2.71. The lowest BCUT2D eigenvalue weighted by Gasteiger charge is -2.02. The van der Waals surface area contributed by atoms with Gasteiger partial charge in [0.1, 0.15) is 5.69 Å². The van der Waals surface area contributed by atoms with Crippen LogP contribution in [0.3, 0.4) is 0 Å². The molecule has 0 radical (unpaired) electrons. The molecule has 0 atom stereocenters. The molecule has 0 saturated carbocycles. The van der Waals surface area contributed by atoms with Crippen LogP contribution in [0.15, 0.2) is 28.7 Å². The SMILES string of the molecule is CCc1nnn(-c2cccc(Br)c2)c1C=O. The van der Waals surface area contributed by atoms with Gasteiger partial charge < -0.3 is 0 Å². The van der Waals surface area contributed by atoms with E-state index in [0.29, 0.717) is 12.1 Å². The summed E-state index contributed by atoms with van der Waals surface area (Å²) in [6.07, 6.45) is 1.49. The number of aromatic nitrogens is 3. The molecule has 0 spiro atoms. The molecule has 0 unspecified atom stereocenters. The van der Waals surface area contributed by atoms with Crippen LogP contribution in [0.5, 0.6) is 0 Å². The van der Waals surface area contributed by atoms with Crippen molar-refractivity contribution in [3.05, 3.63) is 40.1 Å². The topological polar surface area (TPSA) is 47.8 Å². The van der Waals surface area contributed by atoms with Gasteiger partial charge in [-0.15, -0.1) is 5.10 Å². The van der Waals surface area contributed by atoms with Crippen LogP contribution >= 0.6 is 15.9 Å². The molecule has 1 aromatic carbocycles. The van der Waals surface area contributed by atoms with Crippen LogP contribution in [-0.2, 0) is 6.42 Å². The van der Waals surface area contributed by atoms with Crippen molar-refractivity contribution >= 4 is 22.2 Å². The number of aryl methyl sites for hydroxylation is 1. The molecule has 0 aliphatic carbocycles. The molecule has 4 nitrogen and oxygen atoms in total. The van der Waals surface area contributed by atoms with E-state index < -0.39 is 0 Å². The number of carbonyl (C=O) groups excluding carboxylic acids is 1. The van der Waals surface area contributed by atoms with E-state index in [1.54, 1.807) is 4.68 Å². The molecule has 0 saturated heterocycles. The molecule has 2 aromatic rings. The Morgan fingerprint density at radius 1 is 1.50 bits per heavy atom. The van der Waals surface area contributed by atoms with Crippen LogP contribution in [0.2, 0.25) is 0 Å². The summed E-state index contributed by atoms with van der Waals surface area (Å²) in [5, 5.41) is 7.96. The second-order valence-corrected chi connectivity index (χ2v) is 4.20. The van der Waals surface area contributed by atoms with Crippen LogP contribution < -0.4 is 0 Å². The van der Waals surface area contributed by atoms with E-state index in [-0.39, 0.29) is 0 Å². The Balaban J connectivity index is 2.55. The van der Waals surface area contributed by atoms with Gasteiger partial charge in [0.2, 0.25) is 0 Å². The lowest BCUT2D eigenvalue weighted by atomic mass is 10.2. The molecule has 5 heteroatoms. The molecule has 16 heavy (non-hydrogen) atoms. The summed E-state index contributed by atoms with van der Waals surface area (Å²) in [4.78, 5) is 11.0. The second kappa shape index (κ2) is 4.57. The summed E-state index contributed by atoms with van der Waals surface area (Å²) >= 11 is 3.38. The zero-order valence-electron chi connectivity index (χ0n) is 8.72. The molecule has 1 heterocycles. The van der Waals surface area contributed by atoms with E-state index in [1.807, 2.05) is 31.2 Å². The number of nitrogens with zero attached hydrogens (tertiary/aromatic N) is 3. The van der Waals surface area contributed by atoms with Crippen molar-refractivity contribution in [2.24, 2.45) is 0 Å². The van der Waals surface area contributed by atoms with Crippen molar-refractivity contribution in [1.82, 2.24) is 15.0 Å². The van der Waals surface area contributed by atoms with Crippen molar-refractivity contribution in [1.29, 1.82) is 0 Å². The molecule has 0 aliphatic heterocycles. The van der Waals surface area contributed by atoms with Crippen molar-refractivity contribution in [3.8, 4) is 5.69 Å². The molecule has 82 valence electrons. The number of carbonyl (C=O) groups is 1. The number of hydrogen-bond donors (Lipinski definition) is 0. The van der Waals surface area contributed by atoms with E-state index in [9.17, 15) is 4.79 Å². The third-order valence-electron chi connectivity index (χ3n) is 2.28. The lowest BCUT2D eigenvalue weighted by molar-refractivity contribution is 0.111. The minimum atomic E-state index is 0.514. The molecular weight excluding hydrogens is 270 g/mol. The number of benzene rings is 1. The summed E-state index contributed by atoms with van der Waals surface area (Å²) < 4.78 is 2.49. The van der Waals surface area contributed by atoms with Crippen LogP contribution in [0.25, 0.3) is 5.69 Å². The second-order valence-electron chi connectivity index (χ2n) is 3.28. The maximum Gasteiger partial charge on any atom is 0.170 e. The van der Waals surface area contributed by atoms with Crippen LogP contribution in [-0.4, -0.2) is 21.3 Å². The normalized spacial score (nSPS) is 10.4. The third-order valence-corrected chi connectivity index (χ3v) is 2.77. The summed E-state index contributed by atoms with van der Waals surface area (Å²) in [5.74, 6) is 0. The van der Waals surface area contributed by atoms with Gasteiger partial charge in [0.15, 0.2) is 6.29 Å². The minimum Gasteiger partial charge on any atom is -0.296 e. The highest BCUT2D eigenvalue weighted by atomic mass is 79.9. The number of halogens is 1. The van der Waals surface area contributed by atoms with E-state index in [4.69, 9.17) is 0 Å². The summed E-state index contributed by atoms with van der Waals surface area (Å²) in [5.41, 5.74) is 2.05. The van der Waals surface area contributed by atoms with E-state index in [2.05, 4.69) is 26.2 Å². The first-order valence-corrected chi connectivity index (χ1v) is 5.71. The molecule has 1 aromatic heterocycles. The Labute approximate surface area is 101 Å². The molecule has 0 N–H and O–H groups in total. The van der Waals surface area contributed by atoms with Crippen molar-refractivity contribution in [2.45, 2.75) is 13.3 Å². The van der Waals surface area contributed by atoms with E-state index in [1.165, 1.54) is 0 Å². The third kappa shape index (κ3) is 1.90. The maximum atomic E-state index is 11.0. The zero-order valence-corrected chi connectivity index (χ0v) is 10.3. The predicted molar refractivity (Wildman–Crippen MR) is 63.8 cm³/mol. The van der Waals surface area contributed by atoms with Gasteiger partial charge in [-0.3, -0.25) is 4.79 Å². The standard InChI is InChI=1S/C11H10BrN3O/c1-2-10-11(7-16)15(14-13-10)9-5-3-4-8(12)6-9/h3-7H,2H2,1H3. The van der Waals surface area contributed by atoms with E-state index >= 15 is 0 Å². The van der Waals surface area contributed by atoms with Gasteiger partial charge in [0.05, 0.1) is 11.4 Å². The minimum absolute atomic E-state index is 0.514. The monoisotopic (exact) mass is 279 g/mol. The molecule has 0 amide bonds. The highest BCUT2D eigenvalue weighted by Crippen LogP contribution is 2.16. The van der Waals surface area contributed by atoms with Gasteiger partial charge >= 0.3 is 0 Å². The molecular formula is C11H10BrN3O. The van der Waals surface area contributed by atoms with Crippen LogP contribution in [0.4, 0.5) is 0 Å². The molecule has 0 aliphatic rings. The Hall–Kier alpha value is -1.49. The van der Waals surface area contributed by atoms with Crippen molar-refractivity contribution in [3.63, 3.8) is 0 Å². The van der Waals surface area contributed by atoms with Crippen molar-refractivity contribution < 1.29 is 4.79 Å². The highest BCUT2D eigenvalue weighted by molar-refractivity contribution is 9.10. The molecule has 0 fully saturated rings. The van der Waals surface area contributed by atoms with E-state index in [0.717, 1.165) is 22.1 Å². The van der Waals surface area contributed by atoms with Gasteiger partial charge in [-0.2, -0.15) is 0 Å². The summed E-state index contributed by atoms with van der Waals surface area (Å²) in [6, 6.07) is 7.58. The van der Waals surface area contributed by atoms with Gasteiger partial charge in [-0.25, -0.2) is 4.68 Å². The Kier molecular flexibility index (Phi) is 3.14. The fourth-order valence-corrected chi connectivity index (χ4v) is 1.88. The van der Waals surface area contributed by atoms with Crippen LogP contribution in [0.1, 0.15) is 23.1 Å². The highest BCUT2D eigenvalue weighted by Gasteiger charge is 2.11. The van der Waals surface area contributed by atoms with Crippen LogP contribution in [0, 0.1) is 0 Å². The smallest absolute Gasteiger partial charge is 0.170 e. The first-order chi connectivity index (χ1) is 7.76. The van der Waals surface area contributed by atoms with Crippen molar-refractivity contribution in [2.75, 3.05) is 0 Å². The number of hydrogen-bond acceptors (Lipinski definition) is 3. The molecule has 0 bridgehead atoms. The Morgan fingerprint density at radius 3 is 2.94 bits per heavy atom. The lowest BCUT2D eigenvalue weighted by Crippen LogP contribution is -2.02. The largest absolute Gasteiger partial charge is 0.296 e. The number of rotatable bonds is 3. The first kappa shape index (κ1) is 11.0.